The van der Waals surface area contributed by atoms with Crippen LogP contribution in [0.3, 0.4) is 0 Å². The van der Waals surface area contributed by atoms with E-state index in [1.807, 2.05) is 0 Å². The van der Waals surface area contributed by atoms with Gasteiger partial charge in [-0.1, -0.05) is 40.7 Å². The minimum Gasteiger partial charge on any atom is -0.488 e. The molecule has 0 N–H and O–H groups in total. The fourth-order valence-corrected chi connectivity index (χ4v) is 2.45. The molecule has 0 saturated carbocycles. The zero-order valence-corrected chi connectivity index (χ0v) is 13.4. The molecule has 0 fully saturated rings. The molecule has 1 heteroatoms. The molecule has 1 unspecified atom stereocenters. The predicted octanol–water partition coefficient (Wildman–Crippen LogP) is 5.33. The average Bonchev–Trinajstić information content (AvgIpc) is 2.17. The van der Waals surface area contributed by atoms with Crippen LogP contribution in [-0.4, -0.2) is 5.60 Å². The predicted molar refractivity (Wildman–Crippen MR) is 79.4 cm³/mol. The molecular formula is C17H30O. The first-order valence-electron chi connectivity index (χ1n) is 7.26. The Hall–Kier alpha value is -0.720. The van der Waals surface area contributed by atoms with Gasteiger partial charge in [0.1, 0.15) is 11.4 Å². The third-order valence-electron chi connectivity index (χ3n) is 3.29. The highest BCUT2D eigenvalue weighted by atomic mass is 16.5. The summed E-state index contributed by atoms with van der Waals surface area (Å²) in [5.74, 6) is 2.89. The third kappa shape index (κ3) is 3.90. The van der Waals surface area contributed by atoms with Crippen LogP contribution in [0.5, 0.6) is 0 Å². The van der Waals surface area contributed by atoms with Crippen LogP contribution < -0.4 is 0 Å². The number of rotatable bonds is 3. The molecule has 1 aliphatic rings. The summed E-state index contributed by atoms with van der Waals surface area (Å²) in [4.78, 5) is 0. The molecule has 1 nitrogen and oxygen atoms in total. The number of hydrogen-bond acceptors (Lipinski definition) is 1. The van der Waals surface area contributed by atoms with Crippen molar-refractivity contribution < 1.29 is 4.74 Å². The van der Waals surface area contributed by atoms with Crippen LogP contribution in [0.25, 0.3) is 0 Å². The van der Waals surface area contributed by atoms with Crippen LogP contribution in [0, 0.1) is 17.8 Å². The van der Waals surface area contributed by atoms with Crippen molar-refractivity contribution in [3.63, 3.8) is 0 Å². The average molecular weight is 250 g/mol. The fraction of sp³-hybridized carbons (Fsp3) is 0.765. The Bertz CT molecular complexity index is 350. The molecule has 104 valence electrons. The van der Waals surface area contributed by atoms with Crippen molar-refractivity contribution in [2.75, 3.05) is 0 Å². The SMILES string of the molecule is CC1C=C(C(C)C)C(OC(C)(C)C)=C(C(C)C)C1. The summed E-state index contributed by atoms with van der Waals surface area (Å²) >= 11 is 0. The van der Waals surface area contributed by atoms with E-state index in [-0.39, 0.29) is 5.60 Å². The molecule has 0 aromatic rings. The lowest BCUT2D eigenvalue weighted by Crippen LogP contribution is -2.25. The zero-order valence-electron chi connectivity index (χ0n) is 13.4. The van der Waals surface area contributed by atoms with E-state index < -0.39 is 0 Å². The minimum absolute atomic E-state index is 0.121. The van der Waals surface area contributed by atoms with Gasteiger partial charge in [0.25, 0.3) is 0 Å². The number of allylic oxidation sites excluding steroid dienone is 3. The van der Waals surface area contributed by atoms with Gasteiger partial charge in [-0.3, -0.25) is 0 Å². The molecule has 0 heterocycles. The zero-order chi connectivity index (χ0) is 14.1. The molecule has 0 radical (unpaired) electrons. The maximum absolute atomic E-state index is 6.29. The maximum atomic E-state index is 6.29. The molecule has 0 aliphatic heterocycles. The second-order valence-electron chi connectivity index (χ2n) is 7.18. The van der Waals surface area contributed by atoms with Gasteiger partial charge in [-0.25, -0.2) is 0 Å². The van der Waals surface area contributed by atoms with Crippen molar-refractivity contribution in [1.82, 2.24) is 0 Å². The summed E-state index contributed by atoms with van der Waals surface area (Å²) in [6, 6.07) is 0. The Morgan fingerprint density at radius 1 is 1.11 bits per heavy atom. The summed E-state index contributed by atoms with van der Waals surface area (Å²) < 4.78 is 6.29. The first kappa shape index (κ1) is 15.3. The Balaban J connectivity index is 3.21. The second-order valence-corrected chi connectivity index (χ2v) is 7.18. The smallest absolute Gasteiger partial charge is 0.122 e. The van der Waals surface area contributed by atoms with Crippen molar-refractivity contribution in [1.29, 1.82) is 0 Å². The van der Waals surface area contributed by atoms with Crippen LogP contribution in [0.15, 0.2) is 23.0 Å². The second kappa shape index (κ2) is 5.50. The monoisotopic (exact) mass is 250 g/mol. The first-order chi connectivity index (χ1) is 8.11. The van der Waals surface area contributed by atoms with E-state index in [1.54, 1.807) is 0 Å². The number of hydrogen-bond donors (Lipinski definition) is 0. The van der Waals surface area contributed by atoms with Crippen molar-refractivity contribution in [2.24, 2.45) is 17.8 Å². The normalized spacial score (nSPS) is 21.7. The van der Waals surface area contributed by atoms with Crippen molar-refractivity contribution in [3.8, 4) is 0 Å². The molecule has 0 spiro atoms. The molecule has 1 rings (SSSR count). The van der Waals surface area contributed by atoms with Crippen LogP contribution >= 0.6 is 0 Å². The molecule has 1 atom stereocenters. The van der Waals surface area contributed by atoms with Gasteiger partial charge in [0.05, 0.1) is 0 Å². The van der Waals surface area contributed by atoms with Gasteiger partial charge in [-0.15, -0.1) is 0 Å². The summed E-state index contributed by atoms with van der Waals surface area (Å²) in [6.45, 7) is 17.8. The van der Waals surface area contributed by atoms with Crippen molar-refractivity contribution in [2.45, 2.75) is 67.4 Å². The largest absolute Gasteiger partial charge is 0.488 e. The third-order valence-corrected chi connectivity index (χ3v) is 3.29. The van der Waals surface area contributed by atoms with Gasteiger partial charge < -0.3 is 4.74 Å². The maximum Gasteiger partial charge on any atom is 0.122 e. The molecule has 18 heavy (non-hydrogen) atoms. The van der Waals surface area contributed by atoms with Gasteiger partial charge in [0.2, 0.25) is 0 Å². The van der Waals surface area contributed by atoms with Crippen molar-refractivity contribution in [3.05, 3.63) is 23.0 Å². The van der Waals surface area contributed by atoms with E-state index in [4.69, 9.17) is 4.74 Å². The van der Waals surface area contributed by atoms with Crippen molar-refractivity contribution >= 4 is 0 Å². The van der Waals surface area contributed by atoms with Gasteiger partial charge in [0.15, 0.2) is 0 Å². The molecule has 0 saturated heterocycles. The first-order valence-corrected chi connectivity index (χ1v) is 7.26. The highest BCUT2D eigenvalue weighted by Crippen LogP contribution is 2.38. The molecule has 0 bridgehead atoms. The van der Waals surface area contributed by atoms with E-state index in [1.165, 1.54) is 16.9 Å². The summed E-state index contributed by atoms with van der Waals surface area (Å²) in [6.07, 6.45) is 3.54. The Morgan fingerprint density at radius 3 is 2.06 bits per heavy atom. The lowest BCUT2D eigenvalue weighted by molar-refractivity contribution is 0.0505. The lowest BCUT2D eigenvalue weighted by Gasteiger charge is -2.33. The lowest BCUT2D eigenvalue weighted by atomic mass is 9.81. The standard InChI is InChI=1S/C17H30O/c1-11(2)14-9-13(5)10-15(12(3)4)16(14)18-17(6,7)8/h9,11-13H,10H2,1-8H3. The quantitative estimate of drug-likeness (QED) is 0.657. The summed E-state index contributed by atoms with van der Waals surface area (Å²) in [5.41, 5.74) is 2.76. The van der Waals surface area contributed by atoms with E-state index in [2.05, 4.69) is 61.5 Å². The molecule has 0 amide bonds. The van der Waals surface area contributed by atoms with Crippen LogP contribution in [0.1, 0.15) is 61.8 Å². The van der Waals surface area contributed by atoms with Gasteiger partial charge in [-0.05, 0) is 56.1 Å². The number of ether oxygens (including phenoxy) is 1. The Kier molecular flexibility index (Phi) is 4.69. The van der Waals surface area contributed by atoms with Gasteiger partial charge in [-0.2, -0.15) is 0 Å². The highest BCUT2D eigenvalue weighted by Gasteiger charge is 2.27. The molecular weight excluding hydrogens is 220 g/mol. The van der Waals surface area contributed by atoms with E-state index in [0.717, 1.165) is 6.42 Å². The topological polar surface area (TPSA) is 9.23 Å². The highest BCUT2D eigenvalue weighted by molar-refractivity contribution is 5.37. The minimum atomic E-state index is -0.121. The van der Waals surface area contributed by atoms with Gasteiger partial charge >= 0.3 is 0 Å². The van der Waals surface area contributed by atoms with Gasteiger partial charge in [0, 0.05) is 0 Å². The molecule has 0 aromatic heterocycles. The van der Waals surface area contributed by atoms with Crippen LogP contribution in [0.2, 0.25) is 0 Å². The van der Waals surface area contributed by atoms with Crippen LogP contribution in [-0.2, 0) is 4.74 Å². The van der Waals surface area contributed by atoms with E-state index in [9.17, 15) is 0 Å². The van der Waals surface area contributed by atoms with E-state index in [0.29, 0.717) is 17.8 Å². The molecule has 1 aliphatic carbocycles. The summed E-state index contributed by atoms with van der Waals surface area (Å²) in [7, 11) is 0. The van der Waals surface area contributed by atoms with Crippen LogP contribution in [0.4, 0.5) is 0 Å². The summed E-state index contributed by atoms with van der Waals surface area (Å²) in [5, 5.41) is 0. The Morgan fingerprint density at radius 2 is 1.67 bits per heavy atom. The Labute approximate surface area is 113 Å². The van der Waals surface area contributed by atoms with E-state index >= 15 is 0 Å². The molecule has 0 aromatic carbocycles. The fourth-order valence-electron chi connectivity index (χ4n) is 2.45.